The highest BCUT2D eigenvalue weighted by molar-refractivity contribution is 9.10. The van der Waals surface area contributed by atoms with Crippen LogP contribution in [-0.4, -0.2) is 13.1 Å². The number of halogens is 1. The number of carbonyl (C=O) groups is 1. The SMILES string of the molecule is CCC(C)c1ccc(OC(=O)c2ccccc2OC)c(Br)c1. The molecule has 0 aliphatic rings. The Bertz CT molecular complexity index is 667. The van der Waals surface area contributed by atoms with Crippen molar-refractivity contribution in [1.29, 1.82) is 0 Å². The highest BCUT2D eigenvalue weighted by Gasteiger charge is 2.16. The van der Waals surface area contributed by atoms with Crippen LogP contribution in [0.3, 0.4) is 0 Å². The van der Waals surface area contributed by atoms with Crippen molar-refractivity contribution in [2.75, 3.05) is 7.11 Å². The number of esters is 1. The molecule has 0 radical (unpaired) electrons. The van der Waals surface area contributed by atoms with Crippen molar-refractivity contribution in [1.82, 2.24) is 0 Å². The molecule has 0 aliphatic heterocycles. The van der Waals surface area contributed by atoms with E-state index in [9.17, 15) is 4.79 Å². The maximum Gasteiger partial charge on any atom is 0.347 e. The molecule has 0 heterocycles. The Kier molecular flexibility index (Phi) is 5.61. The Labute approximate surface area is 139 Å². The highest BCUT2D eigenvalue weighted by Crippen LogP contribution is 2.31. The molecule has 0 saturated carbocycles. The summed E-state index contributed by atoms with van der Waals surface area (Å²) in [6, 6.07) is 12.8. The molecule has 0 aliphatic carbocycles. The van der Waals surface area contributed by atoms with E-state index in [2.05, 4.69) is 29.8 Å². The number of para-hydroxylation sites is 1. The number of hydrogen-bond acceptors (Lipinski definition) is 3. The van der Waals surface area contributed by atoms with Crippen molar-refractivity contribution in [3.63, 3.8) is 0 Å². The van der Waals surface area contributed by atoms with Gasteiger partial charge in [-0.25, -0.2) is 4.79 Å². The van der Waals surface area contributed by atoms with Crippen LogP contribution in [0.4, 0.5) is 0 Å². The summed E-state index contributed by atoms with van der Waals surface area (Å²) in [5.74, 6) is 1.03. The van der Waals surface area contributed by atoms with Crippen molar-refractivity contribution in [3.8, 4) is 11.5 Å². The van der Waals surface area contributed by atoms with Gasteiger partial charge in [0.2, 0.25) is 0 Å². The van der Waals surface area contributed by atoms with Crippen molar-refractivity contribution in [2.45, 2.75) is 26.2 Å². The lowest BCUT2D eigenvalue weighted by atomic mass is 9.99. The summed E-state index contributed by atoms with van der Waals surface area (Å²) in [4.78, 5) is 12.3. The maximum absolute atomic E-state index is 12.3. The van der Waals surface area contributed by atoms with Crippen molar-refractivity contribution in [3.05, 3.63) is 58.1 Å². The molecule has 0 spiro atoms. The minimum Gasteiger partial charge on any atom is -0.496 e. The van der Waals surface area contributed by atoms with Gasteiger partial charge in [0.05, 0.1) is 11.6 Å². The molecule has 4 heteroatoms. The molecule has 2 aromatic rings. The first-order chi connectivity index (χ1) is 10.6. The number of rotatable bonds is 5. The van der Waals surface area contributed by atoms with Crippen LogP contribution >= 0.6 is 15.9 Å². The molecule has 0 N–H and O–H groups in total. The maximum atomic E-state index is 12.3. The molecule has 2 rings (SSSR count). The zero-order chi connectivity index (χ0) is 16.1. The molecule has 2 aromatic carbocycles. The molecular formula is C18H19BrO3. The third-order valence-electron chi connectivity index (χ3n) is 3.67. The van der Waals surface area contributed by atoms with Gasteiger partial charge >= 0.3 is 5.97 Å². The predicted octanol–water partition coefficient (Wildman–Crippen LogP) is 5.19. The quantitative estimate of drug-likeness (QED) is 0.542. The van der Waals surface area contributed by atoms with Crippen LogP contribution in [0.5, 0.6) is 11.5 Å². The number of carbonyl (C=O) groups excluding carboxylic acids is 1. The molecule has 0 amide bonds. The van der Waals surface area contributed by atoms with E-state index in [0.29, 0.717) is 23.0 Å². The summed E-state index contributed by atoms with van der Waals surface area (Å²) in [6.45, 7) is 4.32. The number of ether oxygens (including phenoxy) is 2. The van der Waals surface area contributed by atoms with Crippen molar-refractivity contribution < 1.29 is 14.3 Å². The predicted molar refractivity (Wildman–Crippen MR) is 90.8 cm³/mol. The normalized spacial score (nSPS) is 11.8. The van der Waals surface area contributed by atoms with Gasteiger partial charge in [0.25, 0.3) is 0 Å². The second kappa shape index (κ2) is 7.45. The van der Waals surface area contributed by atoms with Gasteiger partial charge in [-0.15, -0.1) is 0 Å². The average molecular weight is 363 g/mol. The molecule has 0 aromatic heterocycles. The van der Waals surface area contributed by atoms with E-state index in [1.807, 2.05) is 24.3 Å². The lowest BCUT2D eigenvalue weighted by molar-refractivity contribution is 0.0730. The van der Waals surface area contributed by atoms with Crippen LogP contribution in [0, 0.1) is 0 Å². The van der Waals surface area contributed by atoms with Gasteiger partial charge in [0.1, 0.15) is 17.1 Å². The fourth-order valence-corrected chi connectivity index (χ4v) is 2.59. The van der Waals surface area contributed by atoms with Crippen LogP contribution in [0.1, 0.15) is 42.1 Å². The van der Waals surface area contributed by atoms with Gasteiger partial charge in [-0.2, -0.15) is 0 Å². The molecule has 116 valence electrons. The van der Waals surface area contributed by atoms with Gasteiger partial charge in [0.15, 0.2) is 0 Å². The summed E-state index contributed by atoms with van der Waals surface area (Å²) in [6.07, 6.45) is 1.06. The molecule has 3 nitrogen and oxygen atoms in total. The third-order valence-corrected chi connectivity index (χ3v) is 4.29. The summed E-state index contributed by atoms with van der Waals surface area (Å²) in [5, 5.41) is 0. The molecule has 1 atom stereocenters. The second-order valence-corrected chi connectivity index (χ2v) is 5.94. The average Bonchev–Trinajstić information content (AvgIpc) is 2.55. The Hall–Kier alpha value is -1.81. The smallest absolute Gasteiger partial charge is 0.347 e. The van der Waals surface area contributed by atoms with E-state index in [0.717, 1.165) is 10.9 Å². The molecular weight excluding hydrogens is 344 g/mol. The lowest BCUT2D eigenvalue weighted by Gasteiger charge is -2.13. The van der Waals surface area contributed by atoms with Crippen molar-refractivity contribution in [2.24, 2.45) is 0 Å². The second-order valence-electron chi connectivity index (χ2n) is 5.09. The van der Waals surface area contributed by atoms with E-state index >= 15 is 0 Å². The number of hydrogen-bond donors (Lipinski definition) is 0. The van der Waals surface area contributed by atoms with Crippen molar-refractivity contribution >= 4 is 21.9 Å². The largest absolute Gasteiger partial charge is 0.496 e. The molecule has 1 unspecified atom stereocenters. The fraction of sp³-hybridized carbons (Fsp3) is 0.278. The lowest BCUT2D eigenvalue weighted by Crippen LogP contribution is -2.10. The van der Waals surface area contributed by atoms with Crippen LogP contribution in [0.25, 0.3) is 0 Å². The zero-order valence-electron chi connectivity index (χ0n) is 12.9. The van der Waals surface area contributed by atoms with Gasteiger partial charge in [0, 0.05) is 0 Å². The van der Waals surface area contributed by atoms with E-state index in [4.69, 9.17) is 9.47 Å². The molecule has 0 bridgehead atoms. The summed E-state index contributed by atoms with van der Waals surface area (Å²) in [5.41, 5.74) is 1.62. The summed E-state index contributed by atoms with van der Waals surface area (Å²) < 4.78 is 11.4. The highest BCUT2D eigenvalue weighted by atomic mass is 79.9. The standard InChI is InChI=1S/C18H19BrO3/c1-4-12(2)13-9-10-17(15(19)11-13)22-18(20)14-7-5-6-8-16(14)21-3/h5-12H,4H2,1-3H3. The molecule has 0 fully saturated rings. The monoisotopic (exact) mass is 362 g/mol. The number of methoxy groups -OCH3 is 1. The van der Waals surface area contributed by atoms with Crippen LogP contribution in [0.15, 0.2) is 46.9 Å². The molecule has 22 heavy (non-hydrogen) atoms. The Morgan fingerprint density at radius 2 is 1.91 bits per heavy atom. The first-order valence-corrected chi connectivity index (χ1v) is 8.00. The Morgan fingerprint density at radius 1 is 1.18 bits per heavy atom. The van der Waals surface area contributed by atoms with Crippen LogP contribution < -0.4 is 9.47 Å². The van der Waals surface area contributed by atoms with E-state index in [-0.39, 0.29) is 0 Å². The Morgan fingerprint density at radius 3 is 2.55 bits per heavy atom. The number of benzene rings is 2. The van der Waals surface area contributed by atoms with Gasteiger partial charge in [-0.1, -0.05) is 32.0 Å². The van der Waals surface area contributed by atoms with Crippen LogP contribution in [0.2, 0.25) is 0 Å². The fourth-order valence-electron chi connectivity index (χ4n) is 2.11. The minimum atomic E-state index is -0.436. The summed E-state index contributed by atoms with van der Waals surface area (Å²) in [7, 11) is 1.53. The van der Waals surface area contributed by atoms with Crippen LogP contribution in [-0.2, 0) is 0 Å². The van der Waals surface area contributed by atoms with Gasteiger partial charge in [-0.05, 0) is 58.1 Å². The summed E-state index contributed by atoms with van der Waals surface area (Å²) >= 11 is 3.47. The van der Waals surface area contributed by atoms with E-state index in [1.54, 1.807) is 18.2 Å². The third kappa shape index (κ3) is 3.69. The van der Waals surface area contributed by atoms with E-state index in [1.165, 1.54) is 12.7 Å². The topological polar surface area (TPSA) is 35.5 Å². The Balaban J connectivity index is 2.22. The minimum absolute atomic E-state index is 0.405. The first-order valence-electron chi connectivity index (χ1n) is 7.21. The zero-order valence-corrected chi connectivity index (χ0v) is 14.5. The first kappa shape index (κ1) is 16.6. The van der Waals surface area contributed by atoms with E-state index < -0.39 is 5.97 Å². The van der Waals surface area contributed by atoms with Gasteiger partial charge < -0.3 is 9.47 Å². The molecule has 0 saturated heterocycles. The van der Waals surface area contributed by atoms with Gasteiger partial charge in [-0.3, -0.25) is 0 Å².